The van der Waals surface area contributed by atoms with Gasteiger partial charge in [-0.25, -0.2) is 0 Å². The van der Waals surface area contributed by atoms with Gasteiger partial charge >= 0.3 is 5.97 Å². The molecule has 0 atom stereocenters. The number of esters is 1. The number of ether oxygens (including phenoxy) is 1. The number of hydrogen-bond acceptors (Lipinski definition) is 3. The van der Waals surface area contributed by atoms with Gasteiger partial charge < -0.3 is 4.74 Å². The van der Waals surface area contributed by atoms with Crippen LogP contribution in [0.25, 0.3) is 0 Å². The van der Waals surface area contributed by atoms with Crippen LogP contribution >= 0.6 is 0 Å². The van der Waals surface area contributed by atoms with Gasteiger partial charge in [0.05, 0.1) is 5.92 Å². The minimum atomic E-state index is -0.771. The Morgan fingerprint density at radius 2 is 1.84 bits per heavy atom. The van der Waals surface area contributed by atoms with E-state index in [0.29, 0.717) is 11.7 Å². The van der Waals surface area contributed by atoms with Crippen molar-refractivity contribution in [2.24, 2.45) is 11.8 Å². The molecule has 0 heterocycles. The Hall–Kier alpha value is -2.41. The summed E-state index contributed by atoms with van der Waals surface area (Å²) < 4.78 is 18.3. The highest BCUT2D eigenvalue weighted by Crippen LogP contribution is 2.32. The van der Waals surface area contributed by atoms with Crippen LogP contribution in [0.1, 0.15) is 83.1 Å². The van der Waals surface area contributed by atoms with Gasteiger partial charge in [0.2, 0.25) is 0 Å². The number of unbranched alkanes of at least 4 members (excludes halogenated alkanes) is 4. The fraction of sp³-hybridized carbons (Fsp3) is 0.556. The molecule has 0 spiro atoms. The van der Waals surface area contributed by atoms with Crippen LogP contribution in [0.5, 0.6) is 5.75 Å². The minimum Gasteiger partial charge on any atom is -0.426 e. The summed E-state index contributed by atoms with van der Waals surface area (Å²) in [4.78, 5) is 12.5. The average Bonchev–Trinajstić information content (AvgIpc) is 2.80. The molecule has 1 saturated carbocycles. The molecule has 168 valence electrons. The van der Waals surface area contributed by atoms with Crippen molar-refractivity contribution in [2.45, 2.75) is 84.0 Å². The molecule has 0 N–H and O–H groups in total. The van der Waals surface area contributed by atoms with Crippen molar-refractivity contribution in [3.8, 4) is 11.8 Å². The third-order valence-electron chi connectivity index (χ3n) is 6.12. The van der Waals surface area contributed by atoms with Gasteiger partial charge in [-0.1, -0.05) is 56.9 Å². The van der Waals surface area contributed by atoms with E-state index in [1.54, 1.807) is 6.08 Å². The first-order valence-electron chi connectivity index (χ1n) is 11.9. The monoisotopic (exact) mass is 425 g/mol. The highest BCUT2D eigenvalue weighted by atomic mass is 19.1. The molecule has 3 nitrogen and oxygen atoms in total. The molecule has 0 radical (unpaired) electrons. The molecular formula is C27H36FNO2. The van der Waals surface area contributed by atoms with Crippen molar-refractivity contribution in [2.75, 3.05) is 0 Å². The topological polar surface area (TPSA) is 50.1 Å². The van der Waals surface area contributed by atoms with Gasteiger partial charge in [-0.2, -0.15) is 9.65 Å². The normalized spacial score (nSPS) is 19.3. The van der Waals surface area contributed by atoms with Crippen molar-refractivity contribution in [1.29, 1.82) is 5.26 Å². The van der Waals surface area contributed by atoms with Gasteiger partial charge in [-0.15, -0.1) is 0 Å². The predicted octanol–water partition coefficient (Wildman–Crippen LogP) is 7.62. The fourth-order valence-electron chi connectivity index (χ4n) is 4.16. The summed E-state index contributed by atoms with van der Waals surface area (Å²) in [5.74, 6) is 0.340. The zero-order valence-electron chi connectivity index (χ0n) is 18.8. The number of rotatable bonds is 12. The largest absolute Gasteiger partial charge is 0.426 e. The molecule has 2 rings (SSSR count). The Bertz CT molecular complexity index is 752. The van der Waals surface area contributed by atoms with E-state index in [1.165, 1.54) is 49.8 Å². The first kappa shape index (κ1) is 24.9. The molecular weight excluding hydrogens is 389 g/mol. The van der Waals surface area contributed by atoms with Crippen molar-refractivity contribution in [1.82, 2.24) is 0 Å². The quantitative estimate of drug-likeness (QED) is 0.114. The van der Waals surface area contributed by atoms with Crippen molar-refractivity contribution >= 4 is 5.97 Å². The molecule has 0 unspecified atom stereocenters. The second kappa shape index (κ2) is 14.6. The van der Waals surface area contributed by atoms with Crippen LogP contribution in [-0.2, 0) is 11.2 Å². The molecule has 1 aromatic rings. The third-order valence-corrected chi connectivity index (χ3v) is 6.12. The van der Waals surface area contributed by atoms with E-state index in [9.17, 15) is 9.18 Å². The fourth-order valence-corrected chi connectivity index (χ4v) is 4.16. The predicted molar refractivity (Wildman–Crippen MR) is 123 cm³/mol. The van der Waals surface area contributed by atoms with Crippen LogP contribution < -0.4 is 4.74 Å². The van der Waals surface area contributed by atoms with Crippen LogP contribution in [0.15, 0.2) is 48.3 Å². The van der Waals surface area contributed by atoms with Gasteiger partial charge in [0.1, 0.15) is 11.8 Å². The molecule has 0 saturated heterocycles. The third kappa shape index (κ3) is 9.96. The molecule has 1 aliphatic rings. The number of benzene rings is 1. The number of nitrogens with zero attached hydrogens (tertiary/aromatic N) is 1. The molecule has 0 amide bonds. The molecule has 0 bridgehead atoms. The van der Waals surface area contributed by atoms with Crippen molar-refractivity contribution < 1.29 is 13.9 Å². The lowest BCUT2D eigenvalue weighted by Crippen LogP contribution is -2.25. The van der Waals surface area contributed by atoms with Crippen molar-refractivity contribution in [3.05, 3.63) is 53.9 Å². The van der Waals surface area contributed by atoms with Crippen LogP contribution in [0.3, 0.4) is 0 Å². The molecule has 0 aromatic heterocycles. The number of halogens is 1. The Labute approximate surface area is 187 Å². The molecule has 1 aliphatic carbocycles. The molecule has 0 aliphatic heterocycles. The van der Waals surface area contributed by atoms with Crippen molar-refractivity contribution in [3.63, 3.8) is 0 Å². The molecule has 31 heavy (non-hydrogen) atoms. The van der Waals surface area contributed by atoms with Gasteiger partial charge in [0.15, 0.2) is 5.83 Å². The van der Waals surface area contributed by atoms with Crippen LogP contribution in [0.4, 0.5) is 4.39 Å². The minimum absolute atomic E-state index is 0.0160. The number of aryl methyl sites for hydroxylation is 1. The maximum absolute atomic E-state index is 12.7. The number of carbonyl (C=O) groups is 1. The van der Waals surface area contributed by atoms with Crippen LogP contribution in [-0.4, -0.2) is 5.97 Å². The van der Waals surface area contributed by atoms with E-state index in [4.69, 9.17) is 10.00 Å². The Morgan fingerprint density at radius 3 is 2.52 bits per heavy atom. The van der Waals surface area contributed by atoms with E-state index in [0.717, 1.165) is 44.9 Å². The van der Waals surface area contributed by atoms with Gasteiger partial charge in [0.25, 0.3) is 0 Å². The summed E-state index contributed by atoms with van der Waals surface area (Å²) in [6, 6.07) is 9.44. The standard InChI is InChI=1S/C27H36FNO2/c1-2-3-4-5-7-10-23-15-19-26(20-16-23)31-27(30)24-17-13-22(14-18-24)11-8-6-9-12-25(28)21-29/h6,9,12,15-16,19-20,22,24H,2-5,7-8,10-11,13-14,17-18H2,1H3/t22-,24-. The summed E-state index contributed by atoms with van der Waals surface area (Å²) in [7, 11) is 0. The highest BCUT2D eigenvalue weighted by molar-refractivity contribution is 5.75. The number of allylic oxidation sites excluding steroid dienone is 4. The number of nitriles is 1. The first-order chi connectivity index (χ1) is 15.1. The lowest BCUT2D eigenvalue weighted by Gasteiger charge is -2.26. The highest BCUT2D eigenvalue weighted by Gasteiger charge is 2.27. The summed E-state index contributed by atoms with van der Waals surface area (Å²) in [5, 5.41) is 8.36. The maximum atomic E-state index is 12.7. The van der Waals surface area contributed by atoms with E-state index in [-0.39, 0.29) is 11.9 Å². The first-order valence-corrected chi connectivity index (χ1v) is 11.9. The Kier molecular flexibility index (Phi) is 11.7. The zero-order valence-corrected chi connectivity index (χ0v) is 18.8. The maximum Gasteiger partial charge on any atom is 0.314 e. The summed E-state index contributed by atoms with van der Waals surface area (Å²) in [6.07, 6.45) is 17.8. The Morgan fingerprint density at radius 1 is 1.13 bits per heavy atom. The van der Waals surface area contributed by atoms with Crippen LogP contribution in [0.2, 0.25) is 0 Å². The molecule has 4 heteroatoms. The van der Waals surface area contributed by atoms with E-state index in [2.05, 4.69) is 19.1 Å². The second-order valence-corrected chi connectivity index (χ2v) is 8.58. The summed E-state index contributed by atoms with van der Waals surface area (Å²) in [6.45, 7) is 2.23. The molecule has 1 aromatic carbocycles. The smallest absolute Gasteiger partial charge is 0.314 e. The Balaban J connectivity index is 1.65. The van der Waals surface area contributed by atoms with Gasteiger partial charge in [0, 0.05) is 0 Å². The van der Waals surface area contributed by atoms with E-state index in [1.807, 2.05) is 18.2 Å². The summed E-state index contributed by atoms with van der Waals surface area (Å²) in [5.41, 5.74) is 1.30. The lowest BCUT2D eigenvalue weighted by atomic mass is 9.80. The van der Waals surface area contributed by atoms with Gasteiger partial charge in [-0.05, 0) is 81.1 Å². The van der Waals surface area contributed by atoms with E-state index >= 15 is 0 Å². The van der Waals surface area contributed by atoms with Crippen LogP contribution in [0, 0.1) is 23.2 Å². The average molecular weight is 426 g/mol. The molecule has 1 fully saturated rings. The van der Waals surface area contributed by atoms with Gasteiger partial charge in [-0.3, -0.25) is 4.79 Å². The van der Waals surface area contributed by atoms with E-state index < -0.39 is 5.83 Å². The lowest BCUT2D eigenvalue weighted by molar-refractivity contribution is -0.140. The second-order valence-electron chi connectivity index (χ2n) is 8.58. The zero-order chi connectivity index (χ0) is 22.3. The number of hydrogen-bond donors (Lipinski definition) is 0. The SMILES string of the molecule is CCCCCCCc1ccc(OC(=O)[C@H]2CC[C@H](CCC=CC=C(F)C#N)CC2)cc1. The summed E-state index contributed by atoms with van der Waals surface area (Å²) >= 11 is 0. The number of carbonyl (C=O) groups excluding carboxylic acids is 1.